The minimum atomic E-state index is -0.614. The van der Waals surface area contributed by atoms with Gasteiger partial charge in [-0.25, -0.2) is 0 Å². The van der Waals surface area contributed by atoms with E-state index < -0.39 is 6.04 Å². The number of amides is 2. The molecule has 1 N–H and O–H groups in total. The van der Waals surface area contributed by atoms with Crippen LogP contribution >= 0.6 is 0 Å². The molecular formula is C21H34N4O2. The van der Waals surface area contributed by atoms with Crippen LogP contribution in [0.4, 0.5) is 0 Å². The summed E-state index contributed by atoms with van der Waals surface area (Å²) in [6, 6.07) is 8.93. The highest BCUT2D eigenvalue weighted by Gasteiger charge is 2.38. The molecule has 2 rings (SSSR count). The molecule has 2 amide bonds. The molecule has 1 unspecified atom stereocenters. The van der Waals surface area contributed by atoms with E-state index in [1.165, 1.54) is 0 Å². The topological polar surface area (TPSA) is 55.9 Å². The minimum Gasteiger partial charge on any atom is -0.341 e. The first-order valence-electron chi connectivity index (χ1n) is 9.74. The average Bonchev–Trinajstić information content (AvgIpc) is 3.00. The van der Waals surface area contributed by atoms with E-state index in [1.807, 2.05) is 35.2 Å². The van der Waals surface area contributed by atoms with Crippen LogP contribution in [0.1, 0.15) is 24.9 Å². The Morgan fingerprint density at radius 3 is 2.00 bits per heavy atom. The highest BCUT2D eigenvalue weighted by atomic mass is 16.2. The molecule has 6 heteroatoms. The van der Waals surface area contributed by atoms with Crippen LogP contribution in [0.25, 0.3) is 0 Å². The molecule has 1 aliphatic rings. The SMILES string of the molecule is CCC(=O)NC(C(=O)N1C[C@@H](CN(C)C)[C@H](CN(C)C)C1)c1ccccc1. The summed E-state index contributed by atoms with van der Waals surface area (Å²) in [7, 11) is 8.30. The molecule has 1 saturated heterocycles. The molecule has 0 bridgehead atoms. The second-order valence-electron chi connectivity index (χ2n) is 8.05. The van der Waals surface area contributed by atoms with E-state index in [4.69, 9.17) is 0 Å². The lowest BCUT2D eigenvalue weighted by Crippen LogP contribution is -2.42. The Labute approximate surface area is 163 Å². The Bertz CT molecular complexity index is 600. The van der Waals surface area contributed by atoms with Crippen LogP contribution in [0.5, 0.6) is 0 Å². The van der Waals surface area contributed by atoms with Gasteiger partial charge >= 0.3 is 0 Å². The monoisotopic (exact) mass is 374 g/mol. The normalized spacial score (nSPS) is 20.9. The van der Waals surface area contributed by atoms with Crippen molar-refractivity contribution in [3.05, 3.63) is 35.9 Å². The molecule has 0 saturated carbocycles. The largest absolute Gasteiger partial charge is 0.341 e. The first-order valence-corrected chi connectivity index (χ1v) is 9.74. The van der Waals surface area contributed by atoms with Crippen LogP contribution in [0, 0.1) is 11.8 Å². The molecular weight excluding hydrogens is 340 g/mol. The number of carbonyl (C=O) groups excluding carboxylic acids is 2. The molecule has 6 nitrogen and oxygen atoms in total. The fourth-order valence-corrected chi connectivity index (χ4v) is 3.85. The molecule has 0 radical (unpaired) electrons. The van der Waals surface area contributed by atoms with Crippen LogP contribution in [0.3, 0.4) is 0 Å². The van der Waals surface area contributed by atoms with Gasteiger partial charge in [0.1, 0.15) is 6.04 Å². The predicted molar refractivity (Wildman–Crippen MR) is 108 cm³/mol. The van der Waals surface area contributed by atoms with Gasteiger partial charge in [-0.1, -0.05) is 37.3 Å². The molecule has 1 aliphatic heterocycles. The Balaban J connectivity index is 2.19. The third-order valence-corrected chi connectivity index (χ3v) is 5.09. The summed E-state index contributed by atoms with van der Waals surface area (Å²) in [6.45, 7) is 5.19. The third kappa shape index (κ3) is 6.04. The van der Waals surface area contributed by atoms with Crippen LogP contribution in [0.2, 0.25) is 0 Å². The Morgan fingerprint density at radius 1 is 1.04 bits per heavy atom. The first-order chi connectivity index (χ1) is 12.8. The minimum absolute atomic E-state index is 0.00647. The van der Waals surface area contributed by atoms with Crippen molar-refractivity contribution in [1.29, 1.82) is 0 Å². The third-order valence-electron chi connectivity index (χ3n) is 5.09. The number of benzene rings is 1. The second kappa shape index (κ2) is 9.85. The van der Waals surface area contributed by atoms with Crippen molar-refractivity contribution in [3.8, 4) is 0 Å². The molecule has 27 heavy (non-hydrogen) atoms. The maximum Gasteiger partial charge on any atom is 0.249 e. The molecule has 1 heterocycles. The summed E-state index contributed by atoms with van der Waals surface area (Å²) in [5.41, 5.74) is 0.838. The van der Waals surface area contributed by atoms with Crippen molar-refractivity contribution in [2.75, 3.05) is 54.4 Å². The number of nitrogens with one attached hydrogen (secondary N) is 1. The van der Waals surface area contributed by atoms with Crippen molar-refractivity contribution in [1.82, 2.24) is 20.0 Å². The van der Waals surface area contributed by atoms with E-state index in [-0.39, 0.29) is 11.8 Å². The van der Waals surface area contributed by atoms with Crippen molar-refractivity contribution in [2.45, 2.75) is 19.4 Å². The lowest BCUT2D eigenvalue weighted by atomic mass is 9.95. The number of nitrogens with zero attached hydrogens (tertiary/aromatic N) is 3. The fraction of sp³-hybridized carbons (Fsp3) is 0.619. The highest BCUT2D eigenvalue weighted by molar-refractivity contribution is 5.88. The summed E-state index contributed by atoms with van der Waals surface area (Å²) in [5, 5.41) is 2.92. The van der Waals surface area contributed by atoms with E-state index in [0.29, 0.717) is 18.3 Å². The highest BCUT2D eigenvalue weighted by Crippen LogP contribution is 2.28. The summed E-state index contributed by atoms with van der Waals surface area (Å²) >= 11 is 0. The van der Waals surface area contributed by atoms with Gasteiger partial charge in [-0.3, -0.25) is 9.59 Å². The number of likely N-dealkylation sites (tertiary alicyclic amines) is 1. The lowest BCUT2D eigenvalue weighted by molar-refractivity contribution is -0.136. The van der Waals surface area contributed by atoms with E-state index in [0.717, 1.165) is 31.7 Å². The van der Waals surface area contributed by atoms with E-state index >= 15 is 0 Å². The zero-order valence-corrected chi connectivity index (χ0v) is 17.3. The Kier molecular flexibility index (Phi) is 7.80. The summed E-state index contributed by atoms with van der Waals surface area (Å²) in [4.78, 5) is 31.7. The molecule has 0 spiro atoms. The summed E-state index contributed by atoms with van der Waals surface area (Å²) in [6.07, 6.45) is 0.364. The number of carbonyl (C=O) groups is 2. The second-order valence-corrected chi connectivity index (χ2v) is 8.05. The van der Waals surface area contributed by atoms with Gasteiger partial charge in [0.25, 0.3) is 0 Å². The van der Waals surface area contributed by atoms with Gasteiger partial charge in [-0.2, -0.15) is 0 Å². The predicted octanol–water partition coefficient (Wildman–Crippen LogP) is 1.45. The summed E-state index contributed by atoms with van der Waals surface area (Å²) < 4.78 is 0. The first kappa shape index (κ1) is 21.4. The van der Waals surface area contributed by atoms with Gasteiger partial charge in [0, 0.05) is 32.6 Å². The standard InChI is InChI=1S/C21H34N4O2/c1-6-19(26)22-20(16-10-8-7-9-11-16)21(27)25-14-17(12-23(2)3)18(15-25)13-24(4)5/h7-11,17-18,20H,6,12-15H2,1-5H3,(H,22,26)/t17-,18-,20?/m1/s1. The van der Waals surface area contributed by atoms with E-state index in [2.05, 4.69) is 43.3 Å². The lowest BCUT2D eigenvalue weighted by Gasteiger charge is -2.25. The van der Waals surface area contributed by atoms with Crippen molar-refractivity contribution in [3.63, 3.8) is 0 Å². The van der Waals surface area contributed by atoms with Crippen LogP contribution in [-0.4, -0.2) is 80.9 Å². The molecule has 3 atom stereocenters. The molecule has 150 valence electrons. The van der Waals surface area contributed by atoms with Gasteiger partial charge < -0.3 is 20.0 Å². The maximum atomic E-state index is 13.3. The van der Waals surface area contributed by atoms with E-state index in [9.17, 15) is 9.59 Å². The van der Waals surface area contributed by atoms with Crippen molar-refractivity contribution >= 4 is 11.8 Å². The maximum absolute atomic E-state index is 13.3. The van der Waals surface area contributed by atoms with Crippen molar-refractivity contribution in [2.24, 2.45) is 11.8 Å². The van der Waals surface area contributed by atoms with Gasteiger partial charge in [-0.15, -0.1) is 0 Å². The van der Waals surface area contributed by atoms with Crippen LogP contribution in [-0.2, 0) is 9.59 Å². The van der Waals surface area contributed by atoms with Crippen molar-refractivity contribution < 1.29 is 9.59 Å². The molecule has 0 aromatic heterocycles. The van der Waals surface area contributed by atoms with E-state index in [1.54, 1.807) is 6.92 Å². The van der Waals surface area contributed by atoms with Gasteiger partial charge in [-0.05, 0) is 45.6 Å². The zero-order chi connectivity index (χ0) is 20.0. The Hall–Kier alpha value is -1.92. The number of hydrogen-bond donors (Lipinski definition) is 1. The van der Waals surface area contributed by atoms with Crippen LogP contribution < -0.4 is 5.32 Å². The molecule has 1 fully saturated rings. The molecule has 1 aromatic rings. The zero-order valence-electron chi connectivity index (χ0n) is 17.3. The van der Waals surface area contributed by atoms with Gasteiger partial charge in [0.2, 0.25) is 11.8 Å². The number of hydrogen-bond acceptors (Lipinski definition) is 4. The number of rotatable bonds is 8. The quantitative estimate of drug-likeness (QED) is 0.748. The summed E-state index contributed by atoms with van der Waals surface area (Å²) in [5.74, 6) is 0.758. The molecule has 1 aromatic carbocycles. The molecule has 0 aliphatic carbocycles. The smallest absolute Gasteiger partial charge is 0.249 e. The Morgan fingerprint density at radius 2 is 1.56 bits per heavy atom. The average molecular weight is 375 g/mol. The fourth-order valence-electron chi connectivity index (χ4n) is 3.85. The van der Waals surface area contributed by atoms with Gasteiger partial charge in [0.15, 0.2) is 0 Å². The van der Waals surface area contributed by atoms with Crippen LogP contribution in [0.15, 0.2) is 30.3 Å². The van der Waals surface area contributed by atoms with Gasteiger partial charge in [0.05, 0.1) is 0 Å².